The molecule has 0 aromatic carbocycles. The Hall–Kier alpha value is -1.36. The highest BCUT2D eigenvalue weighted by molar-refractivity contribution is 5.90. The predicted octanol–water partition coefficient (Wildman–Crippen LogP) is 1.76. The van der Waals surface area contributed by atoms with Crippen molar-refractivity contribution in [1.82, 2.24) is 15.1 Å². The molecule has 0 radical (unpaired) electrons. The average molecular weight is 250 g/mol. The number of rotatable bonds is 5. The van der Waals surface area contributed by atoms with Crippen LogP contribution in [-0.4, -0.2) is 28.3 Å². The van der Waals surface area contributed by atoms with Crippen LogP contribution in [0.5, 0.6) is 0 Å². The van der Waals surface area contributed by atoms with Crippen LogP contribution in [0.4, 0.5) is 5.69 Å². The number of aromatic nitrogens is 2. The minimum absolute atomic E-state index is 0.0815. The number of hydrogen-bond acceptors (Lipinski definition) is 3. The van der Waals surface area contributed by atoms with E-state index in [4.69, 9.17) is 0 Å². The third kappa shape index (κ3) is 3.84. The molecule has 0 saturated carbocycles. The summed E-state index contributed by atoms with van der Waals surface area (Å²) in [5.41, 5.74) is 0.790. The molecule has 1 saturated heterocycles. The molecule has 0 bridgehead atoms. The van der Waals surface area contributed by atoms with Gasteiger partial charge in [0, 0.05) is 25.2 Å². The van der Waals surface area contributed by atoms with Gasteiger partial charge in [0.2, 0.25) is 5.91 Å². The monoisotopic (exact) mass is 250 g/mol. The first-order valence-corrected chi connectivity index (χ1v) is 6.83. The van der Waals surface area contributed by atoms with Gasteiger partial charge in [-0.3, -0.25) is 9.48 Å². The van der Waals surface area contributed by atoms with Crippen LogP contribution in [0, 0.1) is 0 Å². The largest absolute Gasteiger partial charge is 0.323 e. The van der Waals surface area contributed by atoms with E-state index < -0.39 is 0 Å². The molecule has 0 spiro atoms. The highest BCUT2D eigenvalue weighted by Crippen LogP contribution is 2.12. The summed E-state index contributed by atoms with van der Waals surface area (Å²) in [6.07, 6.45) is 8.79. The molecule has 1 atom stereocenters. The topological polar surface area (TPSA) is 59.0 Å². The summed E-state index contributed by atoms with van der Waals surface area (Å²) in [6.45, 7) is 3.94. The van der Waals surface area contributed by atoms with Gasteiger partial charge in [-0.1, -0.05) is 6.42 Å². The van der Waals surface area contributed by atoms with Gasteiger partial charge in [-0.2, -0.15) is 5.10 Å². The molecule has 1 aromatic rings. The van der Waals surface area contributed by atoms with E-state index in [1.807, 2.05) is 13.1 Å². The summed E-state index contributed by atoms with van der Waals surface area (Å²) in [5.74, 6) is 0.0815. The van der Waals surface area contributed by atoms with Gasteiger partial charge in [0.15, 0.2) is 0 Å². The second-order valence-corrected chi connectivity index (χ2v) is 4.82. The number of piperidine rings is 1. The van der Waals surface area contributed by atoms with Crippen molar-refractivity contribution in [1.29, 1.82) is 0 Å². The van der Waals surface area contributed by atoms with Gasteiger partial charge in [-0.25, -0.2) is 0 Å². The molecule has 2 heterocycles. The normalized spacial score (nSPS) is 19.7. The lowest BCUT2D eigenvalue weighted by atomic mass is 10.0. The maximum absolute atomic E-state index is 11.8. The van der Waals surface area contributed by atoms with Crippen LogP contribution in [-0.2, 0) is 11.3 Å². The van der Waals surface area contributed by atoms with Crippen LogP contribution < -0.4 is 10.6 Å². The third-order valence-corrected chi connectivity index (χ3v) is 3.37. The molecule has 2 N–H and O–H groups in total. The maximum atomic E-state index is 11.8. The van der Waals surface area contributed by atoms with E-state index in [1.165, 1.54) is 19.3 Å². The van der Waals surface area contributed by atoms with Crippen LogP contribution in [0.3, 0.4) is 0 Å². The first kappa shape index (κ1) is 13.1. The molecule has 1 aliphatic rings. The number of nitrogens with one attached hydrogen (secondary N) is 2. The quantitative estimate of drug-likeness (QED) is 0.837. The molecule has 1 aliphatic heterocycles. The smallest absolute Gasteiger partial charge is 0.224 e. The predicted molar refractivity (Wildman–Crippen MR) is 71.4 cm³/mol. The van der Waals surface area contributed by atoms with E-state index in [1.54, 1.807) is 10.9 Å². The molecule has 100 valence electrons. The van der Waals surface area contributed by atoms with Gasteiger partial charge in [0.1, 0.15) is 0 Å². The van der Waals surface area contributed by atoms with Crippen molar-refractivity contribution in [3.8, 4) is 0 Å². The van der Waals surface area contributed by atoms with Crippen molar-refractivity contribution in [3.05, 3.63) is 12.4 Å². The van der Waals surface area contributed by atoms with Crippen molar-refractivity contribution in [2.75, 3.05) is 11.9 Å². The Balaban J connectivity index is 1.71. The molecule has 5 nitrogen and oxygen atoms in total. The number of anilines is 1. The second-order valence-electron chi connectivity index (χ2n) is 4.82. The van der Waals surface area contributed by atoms with Crippen LogP contribution in [0.25, 0.3) is 0 Å². The minimum atomic E-state index is 0.0815. The summed E-state index contributed by atoms with van der Waals surface area (Å²) in [5, 5.41) is 10.5. The highest BCUT2D eigenvalue weighted by Gasteiger charge is 2.14. The zero-order valence-electron chi connectivity index (χ0n) is 11.0. The van der Waals surface area contributed by atoms with E-state index in [0.717, 1.165) is 25.2 Å². The highest BCUT2D eigenvalue weighted by atomic mass is 16.1. The van der Waals surface area contributed by atoms with Crippen molar-refractivity contribution in [2.45, 2.75) is 51.6 Å². The summed E-state index contributed by atoms with van der Waals surface area (Å²) < 4.78 is 1.80. The lowest BCUT2D eigenvalue weighted by Gasteiger charge is -2.22. The Labute approximate surface area is 108 Å². The first-order chi connectivity index (χ1) is 8.78. The molecule has 1 amide bonds. The fourth-order valence-electron chi connectivity index (χ4n) is 2.30. The molecule has 18 heavy (non-hydrogen) atoms. The fourth-order valence-corrected chi connectivity index (χ4v) is 2.30. The van der Waals surface area contributed by atoms with E-state index >= 15 is 0 Å². The van der Waals surface area contributed by atoms with Crippen LogP contribution in [0.2, 0.25) is 0 Å². The maximum Gasteiger partial charge on any atom is 0.224 e. The van der Waals surface area contributed by atoms with Crippen molar-refractivity contribution in [3.63, 3.8) is 0 Å². The molecular weight excluding hydrogens is 228 g/mol. The molecular formula is C13H22N4O. The van der Waals surface area contributed by atoms with Gasteiger partial charge in [0.25, 0.3) is 0 Å². The van der Waals surface area contributed by atoms with Crippen LogP contribution in [0.15, 0.2) is 12.4 Å². The summed E-state index contributed by atoms with van der Waals surface area (Å²) in [4.78, 5) is 11.8. The van der Waals surface area contributed by atoms with Crippen LogP contribution >= 0.6 is 0 Å². The number of carbonyl (C=O) groups is 1. The second kappa shape index (κ2) is 6.54. The fraction of sp³-hybridized carbons (Fsp3) is 0.692. The van der Waals surface area contributed by atoms with E-state index in [-0.39, 0.29) is 5.91 Å². The SMILES string of the molecule is CCn1cc(NC(=O)CCC2CCCCN2)cn1. The molecule has 1 fully saturated rings. The average Bonchev–Trinajstić information content (AvgIpc) is 2.85. The van der Waals surface area contributed by atoms with Gasteiger partial charge in [-0.15, -0.1) is 0 Å². The van der Waals surface area contributed by atoms with Gasteiger partial charge < -0.3 is 10.6 Å². The van der Waals surface area contributed by atoms with Crippen molar-refractivity contribution < 1.29 is 4.79 Å². The molecule has 1 aromatic heterocycles. The standard InChI is InChI=1S/C13H22N4O/c1-2-17-10-12(9-15-17)16-13(18)7-6-11-5-3-4-8-14-11/h9-11,14H,2-8H2,1H3,(H,16,18). The Morgan fingerprint density at radius 3 is 3.17 bits per heavy atom. The van der Waals surface area contributed by atoms with Gasteiger partial charge >= 0.3 is 0 Å². The molecule has 0 aliphatic carbocycles. The van der Waals surface area contributed by atoms with Crippen LogP contribution in [0.1, 0.15) is 39.0 Å². The van der Waals surface area contributed by atoms with E-state index in [9.17, 15) is 4.79 Å². The minimum Gasteiger partial charge on any atom is -0.323 e. The Bertz CT molecular complexity index is 382. The number of hydrogen-bond donors (Lipinski definition) is 2. The Morgan fingerprint density at radius 2 is 2.50 bits per heavy atom. The van der Waals surface area contributed by atoms with E-state index in [0.29, 0.717) is 12.5 Å². The summed E-state index contributed by atoms with van der Waals surface area (Å²) in [7, 11) is 0. The zero-order valence-corrected chi connectivity index (χ0v) is 11.0. The first-order valence-electron chi connectivity index (χ1n) is 6.83. The third-order valence-electron chi connectivity index (χ3n) is 3.37. The van der Waals surface area contributed by atoms with Gasteiger partial charge in [-0.05, 0) is 32.7 Å². The molecule has 2 rings (SSSR count). The zero-order chi connectivity index (χ0) is 12.8. The van der Waals surface area contributed by atoms with E-state index in [2.05, 4.69) is 15.7 Å². The summed E-state index contributed by atoms with van der Waals surface area (Å²) in [6, 6.07) is 0.517. The lowest BCUT2D eigenvalue weighted by molar-refractivity contribution is -0.116. The molecule has 1 unspecified atom stereocenters. The number of nitrogens with zero attached hydrogens (tertiary/aromatic N) is 2. The lowest BCUT2D eigenvalue weighted by Crippen LogP contribution is -2.34. The van der Waals surface area contributed by atoms with Gasteiger partial charge in [0.05, 0.1) is 11.9 Å². The van der Waals surface area contributed by atoms with Crippen molar-refractivity contribution in [2.24, 2.45) is 0 Å². The number of amides is 1. The molecule has 5 heteroatoms. The van der Waals surface area contributed by atoms with Crippen molar-refractivity contribution >= 4 is 11.6 Å². The number of carbonyl (C=O) groups excluding carboxylic acids is 1. The Morgan fingerprint density at radius 1 is 1.61 bits per heavy atom. The Kier molecular flexibility index (Phi) is 4.75. The number of aryl methyl sites for hydroxylation is 1. The summed E-state index contributed by atoms with van der Waals surface area (Å²) >= 11 is 0.